The topological polar surface area (TPSA) is 50.4 Å². The van der Waals surface area contributed by atoms with Crippen molar-refractivity contribution in [1.29, 1.82) is 0 Å². The quantitative estimate of drug-likeness (QED) is 0.840. The fraction of sp³-hybridized carbons (Fsp3) is 0.462. The summed E-state index contributed by atoms with van der Waals surface area (Å²) in [5.41, 5.74) is 0.300. The van der Waals surface area contributed by atoms with Gasteiger partial charge in [0.05, 0.1) is 7.11 Å². The molecule has 1 aromatic rings. The normalized spacial score (nSPS) is 18.1. The fourth-order valence-corrected chi connectivity index (χ4v) is 2.63. The van der Waals surface area contributed by atoms with Crippen molar-refractivity contribution in [2.24, 2.45) is 0 Å². The summed E-state index contributed by atoms with van der Waals surface area (Å²) in [5, 5.41) is 6.61. The molecule has 0 aromatic heterocycles. The molecular weight excluding hydrogens is 296 g/mol. The van der Waals surface area contributed by atoms with Crippen LogP contribution in [-0.2, 0) is 9.53 Å². The molecule has 2 N–H and O–H groups in total. The van der Waals surface area contributed by atoms with Crippen LogP contribution >= 0.6 is 15.9 Å². The van der Waals surface area contributed by atoms with Gasteiger partial charge in [0.2, 0.25) is 0 Å². The van der Waals surface area contributed by atoms with Gasteiger partial charge in [-0.25, -0.2) is 4.79 Å². The van der Waals surface area contributed by atoms with Crippen molar-refractivity contribution in [2.75, 3.05) is 25.5 Å². The number of rotatable bonds is 3. The van der Waals surface area contributed by atoms with Crippen molar-refractivity contribution in [3.63, 3.8) is 0 Å². The Hall–Kier alpha value is -1.07. The molecule has 98 valence electrons. The Balaban J connectivity index is 2.25. The first-order valence-corrected chi connectivity index (χ1v) is 6.79. The molecule has 0 aliphatic carbocycles. The number of benzene rings is 1. The lowest BCUT2D eigenvalue weighted by Crippen LogP contribution is -2.54. The number of methoxy groups -OCH3 is 1. The molecule has 0 unspecified atom stereocenters. The van der Waals surface area contributed by atoms with E-state index in [0.717, 1.165) is 36.1 Å². The van der Waals surface area contributed by atoms with Crippen LogP contribution in [0.4, 0.5) is 5.69 Å². The number of halogens is 1. The Kier molecular flexibility index (Phi) is 4.24. The van der Waals surface area contributed by atoms with Crippen LogP contribution in [0.5, 0.6) is 0 Å². The molecule has 2 rings (SSSR count). The van der Waals surface area contributed by atoms with E-state index in [0.29, 0.717) is 0 Å². The van der Waals surface area contributed by atoms with Gasteiger partial charge in [0, 0.05) is 10.2 Å². The Morgan fingerprint density at radius 2 is 2.06 bits per heavy atom. The van der Waals surface area contributed by atoms with Crippen molar-refractivity contribution in [3.8, 4) is 0 Å². The molecule has 0 atom stereocenters. The second kappa shape index (κ2) is 5.71. The van der Waals surface area contributed by atoms with Crippen LogP contribution in [-0.4, -0.2) is 31.7 Å². The number of ether oxygens (including phenoxy) is 1. The molecule has 1 aliphatic heterocycles. The Morgan fingerprint density at radius 1 is 1.39 bits per heavy atom. The van der Waals surface area contributed by atoms with E-state index in [-0.39, 0.29) is 5.97 Å². The number of carbonyl (C=O) groups excluding carboxylic acids is 1. The lowest BCUT2D eigenvalue weighted by Gasteiger charge is -2.36. The fourth-order valence-electron chi connectivity index (χ4n) is 2.25. The van der Waals surface area contributed by atoms with Gasteiger partial charge in [-0.1, -0.05) is 12.1 Å². The van der Waals surface area contributed by atoms with Gasteiger partial charge in [-0.15, -0.1) is 0 Å². The van der Waals surface area contributed by atoms with Crippen LogP contribution in [0.2, 0.25) is 0 Å². The number of piperidine rings is 1. The summed E-state index contributed by atoms with van der Waals surface area (Å²) >= 11 is 3.49. The van der Waals surface area contributed by atoms with Crippen molar-refractivity contribution < 1.29 is 9.53 Å². The molecule has 0 radical (unpaired) electrons. The molecule has 1 aliphatic rings. The van der Waals surface area contributed by atoms with Crippen LogP contribution < -0.4 is 10.6 Å². The third kappa shape index (κ3) is 2.67. The molecule has 0 spiro atoms. The van der Waals surface area contributed by atoms with Crippen molar-refractivity contribution in [1.82, 2.24) is 5.32 Å². The molecule has 1 aromatic carbocycles. The maximum atomic E-state index is 12.1. The first-order valence-electron chi connectivity index (χ1n) is 6.00. The summed E-state index contributed by atoms with van der Waals surface area (Å²) in [4.78, 5) is 12.1. The van der Waals surface area contributed by atoms with E-state index in [9.17, 15) is 4.79 Å². The number of para-hydroxylation sites is 1. The summed E-state index contributed by atoms with van der Waals surface area (Å²) < 4.78 is 5.91. The highest BCUT2D eigenvalue weighted by molar-refractivity contribution is 9.10. The third-order valence-corrected chi connectivity index (χ3v) is 3.97. The summed E-state index contributed by atoms with van der Waals surface area (Å²) in [6.45, 7) is 1.62. The molecule has 0 bridgehead atoms. The van der Waals surface area contributed by atoms with Gasteiger partial charge in [0.1, 0.15) is 5.54 Å². The molecule has 0 amide bonds. The minimum absolute atomic E-state index is 0.195. The summed E-state index contributed by atoms with van der Waals surface area (Å²) in [5.74, 6) is -0.195. The van der Waals surface area contributed by atoms with Gasteiger partial charge in [-0.2, -0.15) is 0 Å². The largest absolute Gasteiger partial charge is 0.467 e. The molecule has 4 nitrogen and oxygen atoms in total. The Labute approximate surface area is 115 Å². The minimum Gasteiger partial charge on any atom is -0.467 e. The molecule has 1 heterocycles. The lowest BCUT2D eigenvalue weighted by atomic mass is 9.88. The van der Waals surface area contributed by atoms with E-state index >= 15 is 0 Å². The zero-order valence-electron chi connectivity index (χ0n) is 10.3. The second-order valence-electron chi connectivity index (χ2n) is 4.43. The number of hydrogen-bond acceptors (Lipinski definition) is 4. The average Bonchev–Trinajstić information content (AvgIpc) is 2.41. The smallest absolute Gasteiger partial charge is 0.331 e. The SMILES string of the molecule is COC(=O)C1(Nc2ccccc2Br)CCNCC1. The number of anilines is 1. The van der Waals surface area contributed by atoms with Gasteiger partial charge in [-0.3, -0.25) is 0 Å². The zero-order chi connectivity index (χ0) is 13.0. The van der Waals surface area contributed by atoms with Gasteiger partial charge in [0.25, 0.3) is 0 Å². The van der Waals surface area contributed by atoms with Crippen LogP contribution in [0.15, 0.2) is 28.7 Å². The maximum absolute atomic E-state index is 12.1. The number of nitrogens with one attached hydrogen (secondary N) is 2. The zero-order valence-corrected chi connectivity index (χ0v) is 11.9. The minimum atomic E-state index is -0.621. The number of hydrogen-bond donors (Lipinski definition) is 2. The summed E-state index contributed by atoms with van der Waals surface area (Å²) in [7, 11) is 1.44. The van der Waals surface area contributed by atoms with Crippen LogP contribution in [0.25, 0.3) is 0 Å². The highest BCUT2D eigenvalue weighted by Crippen LogP contribution is 2.30. The van der Waals surface area contributed by atoms with Crippen molar-refractivity contribution in [2.45, 2.75) is 18.4 Å². The number of esters is 1. The lowest BCUT2D eigenvalue weighted by molar-refractivity contribution is -0.147. The Bertz CT molecular complexity index is 431. The van der Waals surface area contributed by atoms with E-state index in [1.54, 1.807) is 0 Å². The van der Waals surface area contributed by atoms with E-state index < -0.39 is 5.54 Å². The molecule has 1 fully saturated rings. The second-order valence-corrected chi connectivity index (χ2v) is 5.28. The predicted octanol–water partition coefficient (Wildman–Crippen LogP) is 2.16. The monoisotopic (exact) mass is 312 g/mol. The van der Waals surface area contributed by atoms with Gasteiger partial charge in [0.15, 0.2) is 0 Å². The molecule has 1 saturated heterocycles. The first kappa shape index (κ1) is 13.4. The molecule has 5 heteroatoms. The summed E-state index contributed by atoms with van der Waals surface area (Å²) in [6.07, 6.45) is 1.45. The molecular formula is C13H17BrN2O2. The van der Waals surface area contributed by atoms with Crippen molar-refractivity contribution in [3.05, 3.63) is 28.7 Å². The van der Waals surface area contributed by atoms with Gasteiger partial charge < -0.3 is 15.4 Å². The van der Waals surface area contributed by atoms with E-state index in [1.165, 1.54) is 7.11 Å². The van der Waals surface area contributed by atoms with E-state index in [1.807, 2.05) is 24.3 Å². The average molecular weight is 313 g/mol. The van der Waals surface area contributed by atoms with Gasteiger partial charge in [-0.05, 0) is 54.0 Å². The predicted molar refractivity (Wildman–Crippen MR) is 74.6 cm³/mol. The van der Waals surface area contributed by atoms with Crippen LogP contribution in [0, 0.1) is 0 Å². The highest BCUT2D eigenvalue weighted by Gasteiger charge is 2.40. The van der Waals surface area contributed by atoms with E-state index in [2.05, 4.69) is 26.6 Å². The van der Waals surface area contributed by atoms with Gasteiger partial charge >= 0.3 is 5.97 Å². The van der Waals surface area contributed by atoms with E-state index in [4.69, 9.17) is 4.74 Å². The maximum Gasteiger partial charge on any atom is 0.331 e. The standard InChI is InChI=1S/C13H17BrN2O2/c1-18-12(17)13(6-8-15-9-7-13)16-11-5-3-2-4-10(11)14/h2-5,15-16H,6-9H2,1H3. The molecule has 18 heavy (non-hydrogen) atoms. The molecule has 0 saturated carbocycles. The third-order valence-electron chi connectivity index (χ3n) is 3.28. The highest BCUT2D eigenvalue weighted by atomic mass is 79.9. The number of carbonyl (C=O) groups is 1. The summed E-state index contributed by atoms with van der Waals surface area (Å²) in [6, 6.07) is 7.80. The van der Waals surface area contributed by atoms with Crippen molar-refractivity contribution >= 4 is 27.6 Å². The van der Waals surface area contributed by atoms with Crippen LogP contribution in [0.1, 0.15) is 12.8 Å². The van der Waals surface area contributed by atoms with Crippen LogP contribution in [0.3, 0.4) is 0 Å². The Morgan fingerprint density at radius 3 is 2.67 bits per heavy atom. The first-order chi connectivity index (χ1) is 8.68.